The van der Waals surface area contributed by atoms with Gasteiger partial charge in [-0.2, -0.15) is 0 Å². The van der Waals surface area contributed by atoms with Crippen molar-refractivity contribution in [2.24, 2.45) is 9.98 Å². The molecule has 0 spiro atoms. The lowest BCUT2D eigenvalue weighted by Gasteiger charge is -2.14. The maximum Gasteiger partial charge on any atom is 0.242 e. The Kier molecular flexibility index (Phi) is 11.8. The summed E-state index contributed by atoms with van der Waals surface area (Å²) in [6.45, 7) is 15.9. The second-order valence-corrected chi connectivity index (χ2v) is 14.5. The fourth-order valence-corrected chi connectivity index (χ4v) is 7.85. The number of carbonyl (C=O) groups is 4. The van der Waals surface area contributed by atoms with Crippen molar-refractivity contribution in [2.45, 2.75) is 51.0 Å². The Balaban J connectivity index is 1.26. The van der Waals surface area contributed by atoms with Gasteiger partial charge in [-0.3, -0.25) is 29.0 Å². The van der Waals surface area contributed by atoms with Crippen LogP contribution in [0, 0.1) is 27.7 Å². The molecule has 50 heavy (non-hydrogen) atoms. The molecule has 0 radical (unpaired) electrons. The number of rotatable bonds is 12. The lowest BCUT2D eigenvalue weighted by molar-refractivity contribution is -0.128. The van der Waals surface area contributed by atoms with Gasteiger partial charge >= 0.3 is 0 Å². The maximum absolute atomic E-state index is 13.3. The van der Waals surface area contributed by atoms with Crippen LogP contribution in [0.4, 0.5) is 22.7 Å². The van der Waals surface area contributed by atoms with Gasteiger partial charge < -0.3 is 10.6 Å². The monoisotopic (exact) mass is 708 g/mol. The highest BCUT2D eigenvalue weighted by Crippen LogP contribution is 2.34. The highest BCUT2D eigenvalue weighted by atomic mass is 32.2. The number of anilines is 2. The predicted molar refractivity (Wildman–Crippen MR) is 206 cm³/mol. The fraction of sp³-hybridized carbons (Fsp3) is 0.263. The Bertz CT molecular complexity index is 1770. The van der Waals surface area contributed by atoms with Crippen LogP contribution < -0.4 is 10.6 Å². The molecule has 3 aromatic carbocycles. The number of nitrogens with zero attached hydrogens (tertiary/aromatic N) is 4. The first-order chi connectivity index (χ1) is 23.9. The molecule has 0 bridgehead atoms. The number of aliphatic imine (C=N–C) groups is 2. The van der Waals surface area contributed by atoms with Gasteiger partial charge in [0.15, 0.2) is 10.3 Å². The van der Waals surface area contributed by atoms with Gasteiger partial charge in [-0.25, -0.2) is 9.98 Å². The van der Waals surface area contributed by atoms with Crippen LogP contribution in [0.2, 0.25) is 0 Å². The third-order valence-electron chi connectivity index (χ3n) is 8.02. The lowest BCUT2D eigenvalue weighted by Crippen LogP contribution is -2.33. The first-order valence-corrected chi connectivity index (χ1v) is 17.9. The van der Waals surface area contributed by atoms with Crippen LogP contribution in [0.3, 0.4) is 0 Å². The summed E-state index contributed by atoms with van der Waals surface area (Å²) in [7, 11) is 0. The van der Waals surface area contributed by atoms with E-state index in [1.807, 2.05) is 64.1 Å². The summed E-state index contributed by atoms with van der Waals surface area (Å²) in [6, 6.07) is 18.7. The molecule has 2 N–H and O–H groups in total. The second-order valence-electron chi connectivity index (χ2n) is 12.1. The van der Waals surface area contributed by atoms with Crippen molar-refractivity contribution >= 4 is 80.2 Å². The van der Waals surface area contributed by atoms with Crippen molar-refractivity contribution in [3.05, 3.63) is 108 Å². The molecule has 3 aromatic rings. The van der Waals surface area contributed by atoms with Crippen molar-refractivity contribution in [2.75, 3.05) is 23.7 Å². The van der Waals surface area contributed by atoms with E-state index in [2.05, 4.69) is 23.8 Å². The third kappa shape index (κ3) is 8.80. The number of carbonyl (C=O) groups excluding carboxylic acids is 4. The van der Waals surface area contributed by atoms with Crippen LogP contribution in [0.1, 0.15) is 35.1 Å². The molecule has 2 aliphatic rings. The molecule has 12 heteroatoms. The SMILES string of the molecule is C=CCN1C(=O)C(CC(=O)Nc2ccc(C)cc2C)SC1=Nc1ccc(N=C2SC(CC(=O)Nc3ccc(C)cc3C)C(=O)N2CC=C)cc1. The van der Waals surface area contributed by atoms with E-state index in [0.29, 0.717) is 21.7 Å². The molecule has 10 nitrogen and oxygen atoms in total. The number of aryl methyl sites for hydroxylation is 4. The molecule has 2 fully saturated rings. The molecule has 5 rings (SSSR count). The summed E-state index contributed by atoms with van der Waals surface area (Å²) in [6.07, 6.45) is 3.26. The van der Waals surface area contributed by atoms with Crippen LogP contribution in [0.25, 0.3) is 0 Å². The highest BCUT2D eigenvalue weighted by molar-refractivity contribution is 8.15. The number of hydrogen-bond donors (Lipinski definition) is 2. The van der Waals surface area contributed by atoms with Crippen LogP contribution in [-0.2, 0) is 19.2 Å². The van der Waals surface area contributed by atoms with E-state index in [0.717, 1.165) is 33.6 Å². The van der Waals surface area contributed by atoms with Crippen LogP contribution >= 0.6 is 23.5 Å². The molecular weight excluding hydrogens is 669 g/mol. The number of amides is 4. The normalized spacial score (nSPS) is 19.0. The summed E-state index contributed by atoms with van der Waals surface area (Å²) in [4.78, 5) is 64.9. The van der Waals surface area contributed by atoms with E-state index < -0.39 is 10.5 Å². The molecule has 4 amide bonds. The fourth-order valence-electron chi connectivity index (χ4n) is 5.51. The van der Waals surface area contributed by atoms with Gasteiger partial charge in [0, 0.05) is 37.3 Å². The average molecular weight is 709 g/mol. The minimum absolute atomic E-state index is 0.00571. The summed E-state index contributed by atoms with van der Waals surface area (Å²) in [5, 5.41) is 5.58. The predicted octanol–water partition coefficient (Wildman–Crippen LogP) is 7.21. The first-order valence-electron chi connectivity index (χ1n) is 16.1. The number of benzene rings is 3. The van der Waals surface area contributed by atoms with Gasteiger partial charge in [-0.05, 0) is 75.2 Å². The Hall–Kier alpha value is -4.94. The highest BCUT2D eigenvalue weighted by Gasteiger charge is 2.40. The van der Waals surface area contributed by atoms with Gasteiger partial charge in [-0.15, -0.1) is 13.2 Å². The minimum atomic E-state index is -0.617. The molecule has 0 saturated carbocycles. The summed E-state index contributed by atoms with van der Waals surface area (Å²) in [5.74, 6) is -0.891. The van der Waals surface area contributed by atoms with Crippen LogP contribution in [0.5, 0.6) is 0 Å². The van der Waals surface area contributed by atoms with Crippen LogP contribution in [-0.4, -0.2) is 67.4 Å². The van der Waals surface area contributed by atoms with E-state index >= 15 is 0 Å². The molecule has 2 unspecified atom stereocenters. The molecule has 2 aliphatic heterocycles. The third-order valence-corrected chi connectivity index (χ3v) is 10.4. The van der Waals surface area contributed by atoms with E-state index in [-0.39, 0.29) is 49.6 Å². The van der Waals surface area contributed by atoms with Crippen molar-refractivity contribution in [1.82, 2.24) is 9.80 Å². The minimum Gasteiger partial charge on any atom is -0.326 e. The van der Waals surface area contributed by atoms with Gasteiger partial charge in [0.05, 0.1) is 11.4 Å². The van der Waals surface area contributed by atoms with Gasteiger partial charge in [0.1, 0.15) is 10.5 Å². The van der Waals surface area contributed by atoms with E-state index in [1.54, 1.807) is 36.4 Å². The molecule has 2 heterocycles. The zero-order valence-corrected chi connectivity index (χ0v) is 30.2. The Morgan fingerprint density at radius 3 is 1.40 bits per heavy atom. The molecular formula is C38H40N6O4S2. The van der Waals surface area contributed by atoms with Gasteiger partial charge in [0.2, 0.25) is 23.6 Å². The van der Waals surface area contributed by atoms with Crippen molar-refractivity contribution < 1.29 is 19.2 Å². The zero-order chi connectivity index (χ0) is 35.9. The molecule has 2 saturated heterocycles. The van der Waals surface area contributed by atoms with E-state index in [1.165, 1.54) is 33.3 Å². The zero-order valence-electron chi connectivity index (χ0n) is 28.6. The Morgan fingerprint density at radius 1 is 0.680 bits per heavy atom. The average Bonchev–Trinajstić information content (AvgIpc) is 3.50. The number of nitrogens with one attached hydrogen (secondary N) is 2. The quantitative estimate of drug-likeness (QED) is 0.192. The molecule has 0 aliphatic carbocycles. The maximum atomic E-state index is 13.3. The van der Waals surface area contributed by atoms with Gasteiger partial charge in [0.25, 0.3) is 0 Å². The second kappa shape index (κ2) is 16.2. The van der Waals surface area contributed by atoms with E-state index in [4.69, 9.17) is 9.98 Å². The topological polar surface area (TPSA) is 124 Å². The molecule has 258 valence electrons. The lowest BCUT2D eigenvalue weighted by atomic mass is 10.1. The Labute approximate surface area is 301 Å². The number of thioether (sulfide) groups is 2. The largest absolute Gasteiger partial charge is 0.326 e. The van der Waals surface area contributed by atoms with Crippen molar-refractivity contribution in [3.63, 3.8) is 0 Å². The summed E-state index contributed by atoms with van der Waals surface area (Å²) < 4.78 is 0. The molecule has 2 atom stereocenters. The van der Waals surface area contributed by atoms with Gasteiger partial charge in [-0.1, -0.05) is 71.1 Å². The standard InChI is InChI=1S/C38H40N6O4S2/c1-7-17-43-35(47)31(21-33(45)41-29-15-9-23(3)19-25(29)5)49-37(43)39-27-11-13-28(14-12-27)40-38-44(18-8-2)36(48)32(50-38)22-34(46)42-30-16-10-24(4)20-26(30)6/h7-16,19-20,31-32H,1-2,17-18,21-22H2,3-6H3,(H,41,45)(H,42,46). The smallest absolute Gasteiger partial charge is 0.242 e. The number of hydrogen-bond acceptors (Lipinski definition) is 8. The van der Waals surface area contributed by atoms with E-state index in [9.17, 15) is 19.2 Å². The van der Waals surface area contributed by atoms with Crippen molar-refractivity contribution in [1.29, 1.82) is 0 Å². The summed E-state index contributed by atoms with van der Waals surface area (Å²) >= 11 is 2.50. The summed E-state index contributed by atoms with van der Waals surface area (Å²) in [5.41, 5.74) is 6.74. The molecule has 0 aromatic heterocycles. The first kappa shape index (κ1) is 36.3. The Morgan fingerprint density at radius 2 is 1.06 bits per heavy atom. The number of amidine groups is 2. The van der Waals surface area contributed by atoms with Crippen molar-refractivity contribution in [3.8, 4) is 0 Å². The van der Waals surface area contributed by atoms with Crippen LogP contribution in [0.15, 0.2) is 96.0 Å².